The molecule has 5 rings (SSSR count). The second kappa shape index (κ2) is 11.6. The largest absolute Gasteiger partial charge is 0.482 e. The van der Waals surface area contributed by atoms with Crippen molar-refractivity contribution in [2.75, 3.05) is 18.5 Å². The van der Waals surface area contributed by atoms with Crippen LogP contribution in [0, 0.1) is 0 Å². The number of thiophene rings is 1. The van der Waals surface area contributed by atoms with Gasteiger partial charge >= 0.3 is 5.97 Å². The van der Waals surface area contributed by atoms with Crippen molar-refractivity contribution in [2.24, 2.45) is 4.99 Å². The van der Waals surface area contributed by atoms with Crippen LogP contribution in [0.25, 0.3) is 6.08 Å². The van der Waals surface area contributed by atoms with Crippen LogP contribution >= 0.6 is 22.7 Å². The van der Waals surface area contributed by atoms with Crippen LogP contribution in [0.4, 0.5) is 5.69 Å². The highest BCUT2D eigenvalue weighted by atomic mass is 32.1. The number of nitrogens with one attached hydrogen (secondary N) is 1. The molecule has 4 aromatic rings. The number of amides is 1. The summed E-state index contributed by atoms with van der Waals surface area (Å²) in [7, 11) is 0. The summed E-state index contributed by atoms with van der Waals surface area (Å²) in [6.07, 6.45) is 1.79. The molecule has 0 radical (unpaired) electrons. The summed E-state index contributed by atoms with van der Waals surface area (Å²) in [5.74, 6) is -0.215. The molecule has 2 aromatic carbocycles. The highest BCUT2D eigenvalue weighted by Gasteiger charge is 2.33. The Bertz CT molecular complexity index is 1700. The number of thiazole rings is 1. The minimum absolute atomic E-state index is 0.173. The van der Waals surface area contributed by atoms with Gasteiger partial charge in [0, 0.05) is 10.6 Å². The molecule has 39 heavy (non-hydrogen) atoms. The Morgan fingerprint density at radius 1 is 1.08 bits per heavy atom. The first-order chi connectivity index (χ1) is 18.9. The first kappa shape index (κ1) is 26.3. The smallest absolute Gasteiger partial charge is 0.344 e. The van der Waals surface area contributed by atoms with Gasteiger partial charge < -0.3 is 14.8 Å². The van der Waals surface area contributed by atoms with Crippen molar-refractivity contribution in [3.63, 3.8) is 0 Å². The van der Waals surface area contributed by atoms with Crippen LogP contribution in [0.3, 0.4) is 0 Å². The molecule has 2 aromatic heterocycles. The van der Waals surface area contributed by atoms with E-state index in [4.69, 9.17) is 9.47 Å². The number of hydrogen-bond donors (Lipinski definition) is 1. The number of carbonyl (C=O) groups excluding carboxylic acids is 2. The van der Waals surface area contributed by atoms with Gasteiger partial charge in [-0.15, -0.1) is 11.3 Å². The van der Waals surface area contributed by atoms with E-state index in [2.05, 4.69) is 10.3 Å². The molecule has 0 aliphatic carbocycles. The highest BCUT2D eigenvalue weighted by molar-refractivity contribution is 7.10. The van der Waals surface area contributed by atoms with Crippen LogP contribution in [0.1, 0.15) is 30.3 Å². The second-order valence-corrected chi connectivity index (χ2v) is 10.6. The maximum Gasteiger partial charge on any atom is 0.344 e. The molecule has 0 fully saturated rings. The molecule has 0 unspecified atom stereocenters. The molecule has 8 nitrogen and oxygen atoms in total. The van der Waals surface area contributed by atoms with E-state index in [9.17, 15) is 14.4 Å². The summed E-state index contributed by atoms with van der Waals surface area (Å²) in [5.41, 5.74) is 2.23. The number of allylic oxidation sites excluding steroid dienone is 1. The predicted octanol–water partition coefficient (Wildman–Crippen LogP) is 3.88. The van der Waals surface area contributed by atoms with Gasteiger partial charge in [0.15, 0.2) is 11.4 Å². The van der Waals surface area contributed by atoms with E-state index in [1.165, 1.54) is 22.7 Å². The molecule has 1 aliphatic heterocycles. The zero-order valence-corrected chi connectivity index (χ0v) is 22.9. The van der Waals surface area contributed by atoms with Gasteiger partial charge in [0.1, 0.15) is 11.8 Å². The zero-order chi connectivity index (χ0) is 27.4. The molecule has 1 amide bonds. The fourth-order valence-electron chi connectivity index (χ4n) is 4.20. The molecule has 1 aliphatic rings. The number of fused-ring (bicyclic) bond motifs is 1. The van der Waals surface area contributed by atoms with Crippen LogP contribution < -0.4 is 24.9 Å². The number of aromatic nitrogens is 1. The minimum atomic E-state index is -0.592. The maximum absolute atomic E-state index is 13.7. The Hall–Kier alpha value is -4.28. The van der Waals surface area contributed by atoms with Crippen molar-refractivity contribution in [2.45, 2.75) is 19.9 Å². The number of hydrogen-bond acceptors (Lipinski definition) is 8. The Labute approximate surface area is 232 Å². The first-order valence-corrected chi connectivity index (χ1v) is 13.9. The highest BCUT2D eigenvalue weighted by Crippen LogP contribution is 2.33. The molecule has 0 saturated carbocycles. The Kier molecular flexibility index (Phi) is 7.85. The lowest BCUT2D eigenvalue weighted by molar-refractivity contribution is -0.145. The van der Waals surface area contributed by atoms with Gasteiger partial charge in [-0.25, -0.2) is 9.79 Å². The van der Waals surface area contributed by atoms with Crippen molar-refractivity contribution in [1.29, 1.82) is 0 Å². The lowest BCUT2D eigenvalue weighted by atomic mass is 10.0. The van der Waals surface area contributed by atoms with Crippen LogP contribution in [-0.4, -0.2) is 29.7 Å². The topological polar surface area (TPSA) is 99.0 Å². The third kappa shape index (κ3) is 5.76. The summed E-state index contributed by atoms with van der Waals surface area (Å²) in [6, 6.07) is 19.5. The van der Waals surface area contributed by atoms with Crippen molar-refractivity contribution >= 4 is 46.3 Å². The van der Waals surface area contributed by atoms with Crippen molar-refractivity contribution in [3.05, 3.63) is 114 Å². The summed E-state index contributed by atoms with van der Waals surface area (Å²) in [5, 5.41) is 4.88. The third-order valence-electron chi connectivity index (χ3n) is 5.95. The molecular weight excluding hydrogens is 534 g/mol. The number of esters is 1. The molecule has 0 saturated heterocycles. The molecule has 1 N–H and O–H groups in total. The van der Waals surface area contributed by atoms with E-state index in [0.717, 1.165) is 10.4 Å². The maximum atomic E-state index is 13.7. The SMILES string of the molecule is CCOC(=O)COc1ccc(C=c2sc3n(c2=O)[C@@H](c2cccs2)C(C(=O)Nc2ccccc2)=C(C)N=3)cc1. The van der Waals surface area contributed by atoms with Crippen LogP contribution in [0.15, 0.2) is 93.2 Å². The fraction of sp³-hybridized carbons (Fsp3) is 0.172. The van der Waals surface area contributed by atoms with Gasteiger partial charge in [-0.1, -0.05) is 47.7 Å². The number of benzene rings is 2. The molecule has 1 atom stereocenters. The molecule has 10 heteroatoms. The van der Waals surface area contributed by atoms with Crippen molar-refractivity contribution < 1.29 is 19.1 Å². The van der Waals surface area contributed by atoms with Crippen LogP contribution in [0.5, 0.6) is 5.75 Å². The van der Waals surface area contributed by atoms with Gasteiger partial charge in [-0.05, 0) is 61.2 Å². The van der Waals surface area contributed by atoms with Gasteiger partial charge in [0.25, 0.3) is 11.5 Å². The van der Waals surface area contributed by atoms with Crippen molar-refractivity contribution in [1.82, 2.24) is 4.57 Å². The van der Waals surface area contributed by atoms with Crippen molar-refractivity contribution in [3.8, 4) is 5.75 Å². The number of rotatable bonds is 8. The lowest BCUT2D eigenvalue weighted by Gasteiger charge is -2.24. The second-order valence-electron chi connectivity index (χ2n) is 8.58. The standard InChI is InChI=1S/C29H25N3O5S2/c1-3-36-24(33)17-37-21-13-11-19(12-14-21)16-23-28(35)32-26(22-10-7-15-38-22)25(18(2)30-29(32)39-23)27(34)31-20-8-5-4-6-9-20/h4-16,26H,3,17H2,1-2H3,(H,31,34)/t26-/m0/s1. The van der Waals surface area contributed by atoms with E-state index >= 15 is 0 Å². The number of para-hydroxylation sites is 1. The Morgan fingerprint density at radius 3 is 2.54 bits per heavy atom. The average Bonchev–Trinajstić information content (AvgIpc) is 3.57. The van der Waals surface area contributed by atoms with Gasteiger partial charge in [0.2, 0.25) is 0 Å². The van der Waals surface area contributed by atoms with E-state index < -0.39 is 12.0 Å². The summed E-state index contributed by atoms with van der Waals surface area (Å²) in [4.78, 5) is 44.8. The van der Waals surface area contributed by atoms with Gasteiger partial charge in [-0.3, -0.25) is 14.2 Å². The molecular formula is C29H25N3O5S2. The fourth-order valence-corrected chi connectivity index (χ4v) is 6.07. The predicted molar refractivity (Wildman–Crippen MR) is 152 cm³/mol. The van der Waals surface area contributed by atoms with Crippen LogP contribution in [-0.2, 0) is 14.3 Å². The van der Waals surface area contributed by atoms with E-state index in [1.807, 2.05) is 47.8 Å². The Morgan fingerprint density at radius 2 is 1.85 bits per heavy atom. The summed E-state index contributed by atoms with van der Waals surface area (Å²) < 4.78 is 12.4. The van der Waals surface area contributed by atoms with E-state index in [-0.39, 0.29) is 18.1 Å². The normalized spacial score (nSPS) is 14.9. The number of ether oxygens (including phenoxy) is 2. The monoisotopic (exact) mass is 559 g/mol. The lowest BCUT2D eigenvalue weighted by Crippen LogP contribution is -2.40. The first-order valence-electron chi connectivity index (χ1n) is 12.3. The van der Waals surface area contributed by atoms with E-state index in [0.29, 0.717) is 38.6 Å². The summed E-state index contributed by atoms with van der Waals surface area (Å²) in [6.45, 7) is 3.66. The minimum Gasteiger partial charge on any atom is -0.482 e. The molecule has 0 spiro atoms. The molecule has 0 bridgehead atoms. The quantitative estimate of drug-likeness (QED) is 0.331. The third-order valence-corrected chi connectivity index (χ3v) is 7.86. The van der Waals surface area contributed by atoms with Crippen LogP contribution in [0.2, 0.25) is 0 Å². The molecule has 3 heterocycles. The number of nitrogens with zero attached hydrogens (tertiary/aromatic N) is 2. The Balaban J connectivity index is 1.48. The van der Waals surface area contributed by atoms with E-state index in [1.54, 1.807) is 48.8 Å². The molecule has 198 valence electrons. The van der Waals surface area contributed by atoms with Gasteiger partial charge in [-0.2, -0.15) is 0 Å². The number of carbonyl (C=O) groups is 2. The summed E-state index contributed by atoms with van der Waals surface area (Å²) >= 11 is 2.77. The zero-order valence-electron chi connectivity index (χ0n) is 21.2. The van der Waals surface area contributed by atoms with Gasteiger partial charge in [0.05, 0.1) is 22.4 Å². The average molecular weight is 560 g/mol. The number of anilines is 1.